The van der Waals surface area contributed by atoms with E-state index in [4.69, 9.17) is 23.2 Å². The lowest BCUT2D eigenvalue weighted by atomic mass is 9.99. The van der Waals surface area contributed by atoms with Gasteiger partial charge in [0.05, 0.1) is 28.3 Å². The van der Waals surface area contributed by atoms with Gasteiger partial charge < -0.3 is 4.90 Å². The number of nitrogens with zero attached hydrogens (tertiary/aromatic N) is 2. The Morgan fingerprint density at radius 3 is 2.30 bits per heavy atom. The quantitative estimate of drug-likeness (QED) is 0.295. The van der Waals surface area contributed by atoms with Crippen molar-refractivity contribution in [2.45, 2.75) is 16.2 Å². The van der Waals surface area contributed by atoms with E-state index in [1.54, 1.807) is 0 Å². The zero-order valence-electron chi connectivity index (χ0n) is 15.0. The van der Waals surface area contributed by atoms with Crippen LogP contribution in [0.4, 0.5) is 5.69 Å². The van der Waals surface area contributed by atoms with Gasteiger partial charge in [0.15, 0.2) is 0 Å². The second kappa shape index (κ2) is 6.90. The minimum atomic E-state index is -4.26. The molecule has 154 valence electrons. The van der Waals surface area contributed by atoms with Gasteiger partial charge in [-0.2, -0.15) is 0 Å². The standard InChI is InChI=1S/C19H12Cl2N2O6S/c20-13-1-4-15(5-2-13)30(28,29)19-9-17(24)22(19)10-12(18(19)25)7-11-8-14(21)3-6-16(11)23(26)27/h1-8H,9-10H2. The van der Waals surface area contributed by atoms with Crippen LogP contribution >= 0.6 is 23.2 Å². The predicted molar refractivity (Wildman–Crippen MR) is 109 cm³/mol. The molecule has 2 saturated heterocycles. The molecule has 11 heteroatoms. The van der Waals surface area contributed by atoms with Gasteiger partial charge in [0.25, 0.3) is 5.69 Å². The summed E-state index contributed by atoms with van der Waals surface area (Å²) in [7, 11) is -4.26. The van der Waals surface area contributed by atoms with E-state index < -0.39 is 37.7 Å². The first-order valence-corrected chi connectivity index (χ1v) is 10.8. The molecule has 0 N–H and O–H groups in total. The van der Waals surface area contributed by atoms with Crippen LogP contribution in [0.2, 0.25) is 10.0 Å². The topological polar surface area (TPSA) is 115 Å². The van der Waals surface area contributed by atoms with Crippen LogP contribution in [-0.2, 0) is 19.4 Å². The molecule has 0 bridgehead atoms. The Morgan fingerprint density at radius 1 is 1.07 bits per heavy atom. The van der Waals surface area contributed by atoms with Crippen LogP contribution in [0.15, 0.2) is 52.9 Å². The number of carbonyl (C=O) groups excluding carboxylic acids is 2. The van der Waals surface area contributed by atoms with Crippen molar-refractivity contribution in [3.05, 3.63) is 73.8 Å². The van der Waals surface area contributed by atoms with Crippen molar-refractivity contribution in [3.8, 4) is 0 Å². The van der Waals surface area contributed by atoms with Crippen LogP contribution in [0.3, 0.4) is 0 Å². The number of Topliss-reactive ketones (excluding diaryl/α,β-unsaturated/α-hetero) is 1. The molecule has 0 radical (unpaired) electrons. The van der Waals surface area contributed by atoms with Crippen molar-refractivity contribution >= 4 is 56.5 Å². The number of β-lactam (4-membered cyclic amide) rings is 1. The second-order valence-corrected chi connectivity index (χ2v) is 9.88. The maximum absolute atomic E-state index is 13.3. The number of nitro benzene ring substituents is 1. The largest absolute Gasteiger partial charge is 0.311 e. The molecule has 2 aromatic carbocycles. The number of sulfone groups is 1. The molecule has 30 heavy (non-hydrogen) atoms. The number of benzene rings is 2. The van der Waals surface area contributed by atoms with E-state index in [2.05, 4.69) is 0 Å². The average molecular weight is 467 g/mol. The molecule has 1 unspecified atom stereocenters. The van der Waals surface area contributed by atoms with E-state index in [9.17, 15) is 28.1 Å². The lowest BCUT2D eigenvalue weighted by molar-refractivity contribution is -0.385. The first-order valence-electron chi connectivity index (χ1n) is 8.58. The van der Waals surface area contributed by atoms with Crippen molar-refractivity contribution < 1.29 is 22.9 Å². The van der Waals surface area contributed by atoms with Crippen LogP contribution in [0.5, 0.6) is 0 Å². The van der Waals surface area contributed by atoms with Gasteiger partial charge in [0.2, 0.25) is 26.4 Å². The van der Waals surface area contributed by atoms with Crippen LogP contribution in [0, 0.1) is 10.1 Å². The highest BCUT2D eigenvalue weighted by Crippen LogP contribution is 2.48. The number of halogens is 2. The lowest BCUT2D eigenvalue weighted by Gasteiger charge is -2.44. The molecule has 2 aromatic rings. The number of fused-ring (bicyclic) bond motifs is 1. The van der Waals surface area contributed by atoms with E-state index >= 15 is 0 Å². The summed E-state index contributed by atoms with van der Waals surface area (Å²) >= 11 is 11.7. The van der Waals surface area contributed by atoms with Gasteiger partial charge in [0, 0.05) is 21.7 Å². The fourth-order valence-corrected chi connectivity index (χ4v) is 6.03. The summed E-state index contributed by atoms with van der Waals surface area (Å²) in [6, 6.07) is 9.12. The van der Waals surface area contributed by atoms with Crippen molar-refractivity contribution in [2.24, 2.45) is 0 Å². The third-order valence-electron chi connectivity index (χ3n) is 5.19. The summed E-state index contributed by atoms with van der Waals surface area (Å²) in [6.07, 6.45) is 0.725. The molecule has 1 atom stereocenters. The molecular weight excluding hydrogens is 455 g/mol. The molecule has 1 amide bonds. The van der Waals surface area contributed by atoms with Crippen LogP contribution in [0.25, 0.3) is 6.08 Å². The first-order chi connectivity index (χ1) is 14.1. The van der Waals surface area contributed by atoms with Gasteiger partial charge in [-0.1, -0.05) is 23.2 Å². The molecular formula is C19H12Cl2N2O6S. The highest BCUT2D eigenvalue weighted by molar-refractivity contribution is 7.93. The summed E-state index contributed by atoms with van der Waals surface area (Å²) in [5, 5.41) is 11.8. The summed E-state index contributed by atoms with van der Waals surface area (Å²) in [5.41, 5.74) is -0.275. The number of ketones is 1. The van der Waals surface area contributed by atoms with Crippen LogP contribution in [-0.4, -0.2) is 41.3 Å². The Bertz CT molecular complexity index is 1260. The zero-order chi connectivity index (χ0) is 21.8. The van der Waals surface area contributed by atoms with E-state index in [1.165, 1.54) is 48.5 Å². The minimum absolute atomic E-state index is 0.0243. The van der Waals surface area contributed by atoms with Crippen molar-refractivity contribution in [1.82, 2.24) is 4.90 Å². The predicted octanol–water partition coefficient (Wildman–Crippen LogP) is 3.27. The Labute approximate surface area is 180 Å². The molecule has 4 rings (SSSR count). The average Bonchev–Trinajstić information content (AvgIpc) is 2.90. The number of nitro groups is 1. The normalized spacial score (nSPS) is 22.2. The van der Waals surface area contributed by atoms with Gasteiger partial charge in [-0.15, -0.1) is 0 Å². The van der Waals surface area contributed by atoms with Crippen LogP contribution in [0.1, 0.15) is 12.0 Å². The zero-order valence-corrected chi connectivity index (χ0v) is 17.4. The highest BCUT2D eigenvalue weighted by atomic mass is 35.5. The fourth-order valence-electron chi connectivity index (χ4n) is 3.69. The maximum Gasteiger partial charge on any atom is 0.276 e. The van der Waals surface area contributed by atoms with E-state index in [1.807, 2.05) is 0 Å². The number of carbonyl (C=O) groups is 2. The van der Waals surface area contributed by atoms with E-state index in [0.29, 0.717) is 5.02 Å². The van der Waals surface area contributed by atoms with Gasteiger partial charge in [-0.3, -0.25) is 19.7 Å². The number of rotatable bonds is 4. The molecule has 2 fully saturated rings. The maximum atomic E-state index is 13.3. The molecule has 0 aliphatic carbocycles. The molecule has 0 saturated carbocycles. The molecule has 2 aliphatic heterocycles. The number of hydrogen-bond acceptors (Lipinski definition) is 6. The Hall–Kier alpha value is -2.75. The second-order valence-electron chi connectivity index (χ2n) is 6.86. The number of hydrogen-bond donors (Lipinski definition) is 0. The van der Waals surface area contributed by atoms with Crippen molar-refractivity contribution in [2.75, 3.05) is 6.54 Å². The lowest BCUT2D eigenvalue weighted by Crippen LogP contribution is -2.67. The Kier molecular flexibility index (Phi) is 4.72. The SMILES string of the molecule is O=C1CC2(S(=O)(=O)c3ccc(Cl)cc3)C(=O)C(=Cc3cc(Cl)ccc3[N+](=O)[O-])CN12. The van der Waals surface area contributed by atoms with E-state index in [0.717, 1.165) is 4.90 Å². The Balaban J connectivity index is 1.82. The summed E-state index contributed by atoms with van der Waals surface area (Å²) < 4.78 is 26.6. The monoisotopic (exact) mass is 466 g/mol. The first kappa shape index (κ1) is 20.5. The molecule has 0 aromatic heterocycles. The molecule has 8 nitrogen and oxygen atoms in total. The third-order valence-corrected chi connectivity index (χ3v) is 8.01. The highest BCUT2D eigenvalue weighted by Gasteiger charge is 2.69. The molecule has 0 spiro atoms. The van der Waals surface area contributed by atoms with E-state index in [-0.39, 0.29) is 33.3 Å². The fraction of sp³-hybridized carbons (Fsp3) is 0.158. The Morgan fingerprint density at radius 2 is 1.70 bits per heavy atom. The van der Waals surface area contributed by atoms with Crippen molar-refractivity contribution in [3.63, 3.8) is 0 Å². The third kappa shape index (κ3) is 2.84. The number of amides is 1. The van der Waals surface area contributed by atoms with Gasteiger partial charge >= 0.3 is 0 Å². The summed E-state index contributed by atoms with van der Waals surface area (Å²) in [5.74, 6) is -1.28. The van der Waals surface area contributed by atoms with Gasteiger partial charge in [0.1, 0.15) is 0 Å². The molecule has 2 heterocycles. The minimum Gasteiger partial charge on any atom is -0.311 e. The van der Waals surface area contributed by atoms with Crippen LogP contribution < -0.4 is 0 Å². The van der Waals surface area contributed by atoms with Gasteiger partial charge in [-0.25, -0.2) is 8.42 Å². The summed E-state index contributed by atoms with van der Waals surface area (Å²) in [4.78, 5) is 34.8. The summed E-state index contributed by atoms with van der Waals surface area (Å²) in [6.45, 7) is -0.270. The smallest absolute Gasteiger partial charge is 0.276 e. The van der Waals surface area contributed by atoms with Crippen molar-refractivity contribution in [1.29, 1.82) is 0 Å². The van der Waals surface area contributed by atoms with Gasteiger partial charge in [-0.05, 0) is 42.5 Å². The molecule has 2 aliphatic rings.